The molecule has 0 aliphatic carbocycles. The van der Waals surface area contributed by atoms with E-state index in [0.717, 1.165) is 31.8 Å². The minimum Gasteiger partial charge on any atom is -0.355 e. The van der Waals surface area contributed by atoms with Gasteiger partial charge in [0.05, 0.1) is 6.54 Å². The van der Waals surface area contributed by atoms with Gasteiger partial charge in [0, 0.05) is 39.3 Å². The zero-order valence-electron chi connectivity index (χ0n) is 12.5. The van der Waals surface area contributed by atoms with Gasteiger partial charge in [0.25, 0.3) is 10.2 Å². The number of hydrogen-bond donors (Lipinski definition) is 2. The summed E-state index contributed by atoms with van der Waals surface area (Å²) in [4.78, 5) is 4.34. The van der Waals surface area contributed by atoms with Crippen molar-refractivity contribution in [1.29, 1.82) is 0 Å². The van der Waals surface area contributed by atoms with E-state index in [-0.39, 0.29) is 6.04 Å². The summed E-state index contributed by atoms with van der Waals surface area (Å²) in [5, 5.41) is 6.47. The Morgan fingerprint density at radius 1 is 1.45 bits per heavy atom. The van der Waals surface area contributed by atoms with Gasteiger partial charge in [-0.3, -0.25) is 4.99 Å². The summed E-state index contributed by atoms with van der Waals surface area (Å²) in [6, 6.07) is 0.349. The lowest BCUT2D eigenvalue weighted by molar-refractivity contribution is 0.240. The number of hydrogen-bond acceptors (Lipinski definition) is 5. The SMILES string of the molecule is CC1CN=C(NCC2CCCCN2S(=O)(=O)N(C)C)N1. The van der Waals surface area contributed by atoms with E-state index < -0.39 is 10.2 Å². The zero-order valence-corrected chi connectivity index (χ0v) is 13.3. The van der Waals surface area contributed by atoms with Crippen molar-refractivity contribution >= 4 is 16.2 Å². The molecule has 2 heterocycles. The van der Waals surface area contributed by atoms with Crippen molar-refractivity contribution in [3.8, 4) is 0 Å². The van der Waals surface area contributed by atoms with E-state index in [1.807, 2.05) is 0 Å². The van der Waals surface area contributed by atoms with Crippen molar-refractivity contribution in [2.24, 2.45) is 4.99 Å². The molecule has 0 amide bonds. The molecule has 2 N–H and O–H groups in total. The first-order valence-electron chi connectivity index (χ1n) is 7.15. The average Bonchev–Trinajstić information content (AvgIpc) is 2.82. The minimum absolute atomic E-state index is 0.00319. The van der Waals surface area contributed by atoms with Gasteiger partial charge in [-0.25, -0.2) is 0 Å². The molecule has 0 radical (unpaired) electrons. The van der Waals surface area contributed by atoms with Crippen molar-refractivity contribution in [2.75, 3.05) is 33.7 Å². The van der Waals surface area contributed by atoms with E-state index >= 15 is 0 Å². The summed E-state index contributed by atoms with van der Waals surface area (Å²) >= 11 is 0. The molecule has 0 spiro atoms. The van der Waals surface area contributed by atoms with E-state index in [0.29, 0.717) is 19.1 Å². The third-order valence-corrected chi connectivity index (χ3v) is 5.74. The van der Waals surface area contributed by atoms with Crippen LogP contribution in [0.25, 0.3) is 0 Å². The van der Waals surface area contributed by atoms with Gasteiger partial charge < -0.3 is 10.6 Å². The van der Waals surface area contributed by atoms with Crippen LogP contribution < -0.4 is 10.6 Å². The molecule has 1 fully saturated rings. The van der Waals surface area contributed by atoms with Crippen LogP contribution in [0.2, 0.25) is 0 Å². The molecule has 1 saturated heterocycles. The van der Waals surface area contributed by atoms with Crippen molar-refractivity contribution in [3.05, 3.63) is 0 Å². The van der Waals surface area contributed by atoms with E-state index in [9.17, 15) is 8.42 Å². The van der Waals surface area contributed by atoms with Crippen LogP contribution in [-0.4, -0.2) is 68.8 Å². The smallest absolute Gasteiger partial charge is 0.281 e. The van der Waals surface area contributed by atoms with Gasteiger partial charge in [0.1, 0.15) is 0 Å². The highest BCUT2D eigenvalue weighted by atomic mass is 32.2. The van der Waals surface area contributed by atoms with Gasteiger partial charge in [-0.1, -0.05) is 6.42 Å². The van der Waals surface area contributed by atoms with E-state index in [1.165, 1.54) is 4.31 Å². The summed E-state index contributed by atoms with van der Waals surface area (Å²) in [7, 11) is -0.175. The highest BCUT2D eigenvalue weighted by Crippen LogP contribution is 2.21. The average molecular weight is 303 g/mol. The lowest BCUT2D eigenvalue weighted by Crippen LogP contribution is -2.53. The van der Waals surface area contributed by atoms with Crippen LogP contribution in [0, 0.1) is 0 Å². The zero-order chi connectivity index (χ0) is 14.8. The van der Waals surface area contributed by atoms with Crippen LogP contribution in [0.1, 0.15) is 26.2 Å². The molecule has 2 unspecified atom stereocenters. The Kier molecular flexibility index (Phi) is 4.87. The maximum absolute atomic E-state index is 12.3. The Labute approximate surface area is 121 Å². The van der Waals surface area contributed by atoms with Crippen LogP contribution in [-0.2, 0) is 10.2 Å². The fourth-order valence-electron chi connectivity index (χ4n) is 2.57. The highest BCUT2D eigenvalue weighted by Gasteiger charge is 2.33. The molecule has 2 aliphatic rings. The van der Waals surface area contributed by atoms with Gasteiger partial charge in [-0.15, -0.1) is 0 Å². The highest BCUT2D eigenvalue weighted by molar-refractivity contribution is 7.86. The summed E-state index contributed by atoms with van der Waals surface area (Å²) in [5.74, 6) is 0.783. The maximum Gasteiger partial charge on any atom is 0.281 e. The van der Waals surface area contributed by atoms with Crippen LogP contribution in [0.15, 0.2) is 4.99 Å². The number of piperidine rings is 1. The van der Waals surface area contributed by atoms with Crippen LogP contribution in [0.5, 0.6) is 0 Å². The molecule has 0 aromatic rings. The number of aliphatic imine (C=N–C) groups is 1. The molecule has 7 nitrogen and oxygen atoms in total. The third kappa shape index (κ3) is 3.42. The third-order valence-electron chi connectivity index (χ3n) is 3.74. The summed E-state index contributed by atoms with van der Waals surface area (Å²) in [6.45, 7) is 4.04. The van der Waals surface area contributed by atoms with E-state index in [4.69, 9.17) is 0 Å². The van der Waals surface area contributed by atoms with Crippen molar-refractivity contribution in [3.63, 3.8) is 0 Å². The number of nitrogens with one attached hydrogen (secondary N) is 2. The molecule has 0 aromatic carbocycles. The number of guanidine groups is 1. The Morgan fingerprint density at radius 2 is 2.20 bits per heavy atom. The van der Waals surface area contributed by atoms with Gasteiger partial charge in [-0.2, -0.15) is 17.0 Å². The fourth-order valence-corrected chi connectivity index (χ4v) is 3.90. The van der Waals surface area contributed by atoms with Gasteiger partial charge in [0.15, 0.2) is 5.96 Å². The van der Waals surface area contributed by atoms with E-state index in [1.54, 1.807) is 18.4 Å². The van der Waals surface area contributed by atoms with Gasteiger partial charge >= 0.3 is 0 Å². The molecular weight excluding hydrogens is 278 g/mol. The second-order valence-electron chi connectivity index (χ2n) is 5.67. The molecule has 116 valence electrons. The molecule has 2 atom stereocenters. The predicted molar refractivity (Wildman–Crippen MR) is 79.9 cm³/mol. The molecule has 0 aromatic heterocycles. The Morgan fingerprint density at radius 3 is 2.80 bits per heavy atom. The van der Waals surface area contributed by atoms with Crippen molar-refractivity contribution < 1.29 is 8.42 Å². The normalized spacial score (nSPS) is 28.3. The minimum atomic E-state index is -3.34. The van der Waals surface area contributed by atoms with Crippen molar-refractivity contribution in [2.45, 2.75) is 38.3 Å². The summed E-state index contributed by atoms with van der Waals surface area (Å²) in [6.07, 6.45) is 2.89. The molecule has 2 aliphatic heterocycles. The standard InChI is InChI=1S/C12H25N5O2S/c1-10-8-13-12(15-10)14-9-11-6-4-5-7-17(11)20(18,19)16(2)3/h10-11H,4-9H2,1-3H3,(H2,13,14,15). The first-order valence-corrected chi connectivity index (χ1v) is 8.55. The van der Waals surface area contributed by atoms with Gasteiger partial charge in [-0.05, 0) is 19.8 Å². The topological polar surface area (TPSA) is 77.0 Å². The lowest BCUT2D eigenvalue weighted by atomic mass is 10.1. The molecule has 0 saturated carbocycles. The number of rotatable bonds is 4. The van der Waals surface area contributed by atoms with E-state index in [2.05, 4.69) is 22.5 Å². The Hall–Kier alpha value is -0.860. The first kappa shape index (κ1) is 15.5. The van der Waals surface area contributed by atoms with Crippen LogP contribution >= 0.6 is 0 Å². The monoisotopic (exact) mass is 303 g/mol. The fraction of sp³-hybridized carbons (Fsp3) is 0.917. The molecule has 2 rings (SSSR count). The van der Waals surface area contributed by atoms with Crippen LogP contribution in [0.3, 0.4) is 0 Å². The summed E-state index contributed by atoms with van der Waals surface area (Å²) in [5.41, 5.74) is 0. The molecule has 8 heteroatoms. The van der Waals surface area contributed by atoms with Crippen LogP contribution in [0.4, 0.5) is 0 Å². The van der Waals surface area contributed by atoms with Crippen molar-refractivity contribution in [1.82, 2.24) is 19.2 Å². The lowest BCUT2D eigenvalue weighted by Gasteiger charge is -2.36. The second kappa shape index (κ2) is 6.28. The maximum atomic E-state index is 12.3. The first-order chi connectivity index (χ1) is 9.41. The summed E-state index contributed by atoms with van der Waals surface area (Å²) < 4.78 is 27.5. The molecule has 0 bridgehead atoms. The Balaban J connectivity index is 1.97. The molecule has 20 heavy (non-hydrogen) atoms. The van der Waals surface area contributed by atoms with Gasteiger partial charge in [0.2, 0.25) is 0 Å². The molecular formula is C12H25N5O2S. The second-order valence-corrected chi connectivity index (χ2v) is 7.76. The Bertz CT molecular complexity index is 462. The number of nitrogens with zero attached hydrogens (tertiary/aromatic N) is 3. The predicted octanol–water partition coefficient (Wildman–Crippen LogP) is -0.415. The quantitative estimate of drug-likeness (QED) is 0.740. The largest absolute Gasteiger partial charge is 0.355 e.